The van der Waals surface area contributed by atoms with Crippen LogP contribution in [0.2, 0.25) is 0 Å². The van der Waals surface area contributed by atoms with Gasteiger partial charge in [-0.25, -0.2) is 4.39 Å². The molecule has 0 saturated heterocycles. The number of nitrogens with zero attached hydrogens (tertiary/aromatic N) is 1. The molecule has 0 saturated carbocycles. The Morgan fingerprint density at radius 1 is 1.22 bits per heavy atom. The molecule has 0 unspecified atom stereocenters. The van der Waals surface area contributed by atoms with Gasteiger partial charge in [-0.1, -0.05) is 0 Å². The maximum atomic E-state index is 12.9. The van der Waals surface area contributed by atoms with E-state index in [2.05, 4.69) is 16.4 Å². The number of aryl methyl sites for hydroxylation is 2. The number of nitrogens with one attached hydrogen (secondary N) is 1. The molecule has 1 aliphatic carbocycles. The molecule has 0 aliphatic heterocycles. The Morgan fingerprint density at radius 3 is 3.00 bits per heavy atom. The minimum atomic E-state index is -0.274. The van der Waals surface area contributed by atoms with Crippen LogP contribution in [-0.4, -0.2) is 4.98 Å². The Bertz CT molecular complexity index is 529. The summed E-state index contributed by atoms with van der Waals surface area (Å²) in [6.07, 6.45) is 6.72. The molecule has 0 atom stereocenters. The van der Waals surface area contributed by atoms with E-state index in [9.17, 15) is 4.39 Å². The van der Waals surface area contributed by atoms with Crippen molar-refractivity contribution in [1.29, 1.82) is 0 Å². The maximum Gasteiger partial charge on any atom is 0.141 e. The topological polar surface area (TPSA) is 24.9 Å². The van der Waals surface area contributed by atoms with Crippen LogP contribution in [0.5, 0.6) is 0 Å². The van der Waals surface area contributed by atoms with Crippen molar-refractivity contribution in [3.8, 4) is 0 Å². The Kier molecular flexibility index (Phi) is 3.39. The van der Waals surface area contributed by atoms with Crippen molar-refractivity contribution in [1.82, 2.24) is 10.3 Å². The number of pyridine rings is 1. The Morgan fingerprint density at radius 2 is 2.17 bits per heavy atom. The van der Waals surface area contributed by atoms with Gasteiger partial charge < -0.3 is 5.32 Å². The standard InChI is InChI=1S/C14H15FN2S/c15-12-4-10(6-16-8-12)7-17-9-13-5-11-2-1-3-14(11)18-13/h4-6,8,17H,1-3,7,9H2. The third-order valence-corrected chi connectivity index (χ3v) is 4.42. The molecular formula is C14H15FN2S. The first-order valence-electron chi connectivity index (χ1n) is 6.22. The second-order valence-corrected chi connectivity index (χ2v) is 5.85. The van der Waals surface area contributed by atoms with Gasteiger partial charge in [0.2, 0.25) is 0 Å². The average molecular weight is 262 g/mol. The Balaban J connectivity index is 1.55. The monoisotopic (exact) mass is 262 g/mol. The van der Waals surface area contributed by atoms with Crippen LogP contribution in [0, 0.1) is 5.82 Å². The quantitative estimate of drug-likeness (QED) is 0.916. The SMILES string of the molecule is Fc1cncc(CNCc2cc3c(s2)CCC3)c1. The van der Waals surface area contributed by atoms with E-state index < -0.39 is 0 Å². The van der Waals surface area contributed by atoms with Gasteiger partial charge in [0.25, 0.3) is 0 Å². The number of thiophene rings is 1. The highest BCUT2D eigenvalue weighted by molar-refractivity contribution is 7.12. The van der Waals surface area contributed by atoms with Crippen LogP contribution < -0.4 is 5.32 Å². The molecular weight excluding hydrogens is 247 g/mol. The van der Waals surface area contributed by atoms with Crippen molar-refractivity contribution in [3.05, 3.63) is 51.2 Å². The van der Waals surface area contributed by atoms with E-state index in [1.807, 2.05) is 11.3 Å². The number of rotatable bonds is 4. The van der Waals surface area contributed by atoms with Crippen LogP contribution in [-0.2, 0) is 25.9 Å². The van der Waals surface area contributed by atoms with Crippen molar-refractivity contribution in [3.63, 3.8) is 0 Å². The first-order chi connectivity index (χ1) is 8.81. The van der Waals surface area contributed by atoms with E-state index in [0.717, 1.165) is 12.1 Å². The minimum Gasteiger partial charge on any atom is -0.308 e. The maximum absolute atomic E-state index is 12.9. The summed E-state index contributed by atoms with van der Waals surface area (Å²) in [4.78, 5) is 6.77. The number of aromatic nitrogens is 1. The van der Waals surface area contributed by atoms with Gasteiger partial charge in [0, 0.05) is 29.0 Å². The third kappa shape index (κ3) is 2.60. The van der Waals surface area contributed by atoms with Crippen molar-refractivity contribution in [2.24, 2.45) is 0 Å². The highest BCUT2D eigenvalue weighted by Gasteiger charge is 2.14. The number of fused-ring (bicyclic) bond motifs is 1. The summed E-state index contributed by atoms with van der Waals surface area (Å²) >= 11 is 1.91. The van der Waals surface area contributed by atoms with E-state index in [1.54, 1.807) is 11.1 Å². The summed E-state index contributed by atoms with van der Waals surface area (Å²) in [7, 11) is 0. The molecule has 0 amide bonds. The van der Waals surface area contributed by atoms with E-state index in [-0.39, 0.29) is 5.82 Å². The molecule has 2 nitrogen and oxygen atoms in total. The Hall–Kier alpha value is -1.26. The van der Waals surface area contributed by atoms with E-state index in [0.29, 0.717) is 6.54 Å². The van der Waals surface area contributed by atoms with Crippen LogP contribution in [0.25, 0.3) is 0 Å². The van der Waals surface area contributed by atoms with Crippen LogP contribution in [0.4, 0.5) is 4.39 Å². The van der Waals surface area contributed by atoms with Gasteiger partial charge >= 0.3 is 0 Å². The summed E-state index contributed by atoms with van der Waals surface area (Å²) in [6, 6.07) is 3.83. The van der Waals surface area contributed by atoms with Gasteiger partial charge in [-0.15, -0.1) is 11.3 Å². The molecule has 0 radical (unpaired) electrons. The molecule has 2 heterocycles. The lowest BCUT2D eigenvalue weighted by atomic mass is 10.2. The molecule has 94 valence electrons. The second kappa shape index (κ2) is 5.16. The molecule has 1 N–H and O–H groups in total. The van der Waals surface area contributed by atoms with Gasteiger partial charge in [0.05, 0.1) is 6.20 Å². The van der Waals surface area contributed by atoms with Gasteiger partial charge in [-0.3, -0.25) is 4.98 Å². The molecule has 0 bridgehead atoms. The minimum absolute atomic E-state index is 0.274. The summed E-state index contributed by atoms with van der Waals surface area (Å²) in [6.45, 7) is 1.52. The highest BCUT2D eigenvalue weighted by Crippen LogP contribution is 2.30. The van der Waals surface area contributed by atoms with Crippen LogP contribution in [0.3, 0.4) is 0 Å². The first-order valence-corrected chi connectivity index (χ1v) is 7.03. The number of halogens is 1. The van der Waals surface area contributed by atoms with Crippen LogP contribution >= 0.6 is 11.3 Å². The lowest BCUT2D eigenvalue weighted by Crippen LogP contribution is -2.12. The molecule has 0 fully saturated rings. The van der Waals surface area contributed by atoms with Crippen LogP contribution in [0.15, 0.2) is 24.5 Å². The van der Waals surface area contributed by atoms with E-state index >= 15 is 0 Å². The molecule has 2 aromatic rings. The number of hydrogen-bond acceptors (Lipinski definition) is 3. The zero-order valence-electron chi connectivity index (χ0n) is 10.1. The van der Waals surface area contributed by atoms with Gasteiger partial charge in [0.1, 0.15) is 5.82 Å². The number of hydrogen-bond donors (Lipinski definition) is 1. The first kappa shape index (κ1) is 11.8. The van der Waals surface area contributed by atoms with Crippen molar-refractivity contribution in [2.75, 3.05) is 0 Å². The fraction of sp³-hybridized carbons (Fsp3) is 0.357. The Labute approximate surface area is 110 Å². The summed E-state index contributed by atoms with van der Waals surface area (Å²) in [5.74, 6) is -0.274. The third-order valence-electron chi connectivity index (χ3n) is 3.19. The molecule has 4 heteroatoms. The predicted molar refractivity (Wildman–Crippen MR) is 71.1 cm³/mol. The van der Waals surface area contributed by atoms with Gasteiger partial charge in [-0.2, -0.15) is 0 Å². The average Bonchev–Trinajstić information content (AvgIpc) is 2.89. The van der Waals surface area contributed by atoms with Crippen molar-refractivity contribution < 1.29 is 4.39 Å². The second-order valence-electron chi connectivity index (χ2n) is 4.63. The molecule has 18 heavy (non-hydrogen) atoms. The largest absolute Gasteiger partial charge is 0.308 e. The molecule has 1 aliphatic rings. The fourth-order valence-electron chi connectivity index (χ4n) is 2.36. The fourth-order valence-corrected chi connectivity index (χ4v) is 3.59. The van der Waals surface area contributed by atoms with Gasteiger partial charge in [-0.05, 0) is 42.5 Å². The lowest BCUT2D eigenvalue weighted by Gasteiger charge is -2.03. The summed E-state index contributed by atoms with van der Waals surface area (Å²) in [5, 5.41) is 3.34. The smallest absolute Gasteiger partial charge is 0.141 e. The normalized spacial score (nSPS) is 13.8. The van der Waals surface area contributed by atoms with Crippen LogP contribution in [0.1, 0.15) is 27.3 Å². The lowest BCUT2D eigenvalue weighted by molar-refractivity contribution is 0.613. The van der Waals surface area contributed by atoms with Crippen molar-refractivity contribution in [2.45, 2.75) is 32.4 Å². The zero-order chi connectivity index (χ0) is 12.4. The molecule has 0 spiro atoms. The van der Waals surface area contributed by atoms with E-state index in [4.69, 9.17) is 0 Å². The summed E-state index contributed by atoms with van der Waals surface area (Å²) in [5.41, 5.74) is 2.42. The van der Waals surface area contributed by atoms with E-state index in [1.165, 1.54) is 42.0 Å². The van der Waals surface area contributed by atoms with Crippen molar-refractivity contribution >= 4 is 11.3 Å². The zero-order valence-corrected chi connectivity index (χ0v) is 10.9. The molecule has 2 aromatic heterocycles. The highest BCUT2D eigenvalue weighted by atomic mass is 32.1. The predicted octanol–water partition coefficient (Wildman–Crippen LogP) is 3.06. The molecule has 0 aromatic carbocycles. The van der Waals surface area contributed by atoms with Gasteiger partial charge in [0.15, 0.2) is 0 Å². The summed E-state index contributed by atoms with van der Waals surface area (Å²) < 4.78 is 12.9. The molecule has 3 rings (SSSR count).